The van der Waals surface area contributed by atoms with Crippen molar-refractivity contribution in [2.75, 3.05) is 5.32 Å². The number of rotatable bonds is 4. The molecule has 0 fully saturated rings. The molecular weight excluding hydrogens is 380 g/mol. The lowest BCUT2D eigenvalue weighted by molar-refractivity contribution is 0.102. The highest BCUT2D eigenvalue weighted by Gasteiger charge is 2.21. The molecule has 1 heterocycles. The number of nitrogens with zero attached hydrogens (tertiary/aromatic N) is 1. The first-order valence-electron chi connectivity index (χ1n) is 10.7. The van der Waals surface area contributed by atoms with Crippen LogP contribution in [-0.4, -0.2) is 10.9 Å². The number of hydrogen-bond donors (Lipinski definition) is 1. The van der Waals surface area contributed by atoms with E-state index >= 15 is 0 Å². The quantitative estimate of drug-likeness (QED) is 0.388. The first kappa shape index (κ1) is 20.8. The van der Waals surface area contributed by atoms with Crippen molar-refractivity contribution in [2.24, 2.45) is 0 Å². The molecular formula is C28H28N2O. The van der Waals surface area contributed by atoms with E-state index in [9.17, 15) is 4.79 Å². The van der Waals surface area contributed by atoms with Gasteiger partial charge in [0.25, 0.3) is 5.91 Å². The number of aryl methyl sites for hydroxylation is 2. The van der Waals surface area contributed by atoms with E-state index in [-0.39, 0.29) is 5.91 Å². The maximum Gasteiger partial charge on any atom is 0.256 e. The zero-order valence-electron chi connectivity index (χ0n) is 18.8. The molecule has 4 rings (SSSR count). The smallest absolute Gasteiger partial charge is 0.256 e. The van der Waals surface area contributed by atoms with Crippen molar-refractivity contribution >= 4 is 22.5 Å². The van der Waals surface area contributed by atoms with Crippen LogP contribution in [0, 0.1) is 20.8 Å². The Labute approximate surface area is 184 Å². The molecule has 31 heavy (non-hydrogen) atoms. The second-order valence-electron chi connectivity index (χ2n) is 8.49. The topological polar surface area (TPSA) is 42.0 Å². The van der Waals surface area contributed by atoms with Crippen LogP contribution in [0.15, 0.2) is 66.7 Å². The number of carbonyl (C=O) groups is 1. The normalized spacial score (nSPS) is 11.2. The van der Waals surface area contributed by atoms with Gasteiger partial charge in [-0.3, -0.25) is 4.79 Å². The Morgan fingerprint density at radius 2 is 1.58 bits per heavy atom. The van der Waals surface area contributed by atoms with Gasteiger partial charge in [0.05, 0.1) is 16.8 Å². The zero-order valence-corrected chi connectivity index (χ0v) is 18.8. The Hall–Kier alpha value is -3.46. The minimum Gasteiger partial charge on any atom is -0.321 e. The summed E-state index contributed by atoms with van der Waals surface area (Å²) < 4.78 is 0. The molecule has 3 nitrogen and oxygen atoms in total. The number of benzene rings is 3. The fourth-order valence-electron chi connectivity index (χ4n) is 4.11. The number of pyridine rings is 1. The summed E-state index contributed by atoms with van der Waals surface area (Å²) in [7, 11) is 0. The molecule has 0 aliphatic rings. The highest BCUT2D eigenvalue weighted by molar-refractivity contribution is 6.14. The summed E-state index contributed by atoms with van der Waals surface area (Å²) in [4.78, 5) is 18.6. The van der Waals surface area contributed by atoms with Crippen molar-refractivity contribution in [3.8, 4) is 11.3 Å². The third kappa shape index (κ3) is 3.96. The molecule has 0 radical (unpaired) electrons. The predicted octanol–water partition coefficient (Wildman–Crippen LogP) is 7.20. The van der Waals surface area contributed by atoms with Gasteiger partial charge in [-0.2, -0.15) is 0 Å². The molecule has 4 aromatic rings. The standard InChI is InChI=1S/C28H28N2O/c1-17(2)22-11-8-9-19(4)26(22)30-28(31)25-20(5)27(21-15-13-18(3)14-16-21)29-24-12-7-6-10-23(24)25/h6-17H,1-5H3,(H,30,31). The summed E-state index contributed by atoms with van der Waals surface area (Å²) in [6, 6.07) is 22.3. The van der Waals surface area contributed by atoms with Crippen molar-refractivity contribution in [3.05, 3.63) is 94.5 Å². The van der Waals surface area contributed by atoms with Crippen LogP contribution < -0.4 is 5.32 Å². The lowest BCUT2D eigenvalue weighted by atomic mass is 9.95. The number of carbonyl (C=O) groups excluding carboxylic acids is 1. The van der Waals surface area contributed by atoms with Crippen LogP contribution >= 0.6 is 0 Å². The molecule has 0 saturated carbocycles. The Morgan fingerprint density at radius 3 is 2.29 bits per heavy atom. The van der Waals surface area contributed by atoms with Crippen LogP contribution in [0.4, 0.5) is 5.69 Å². The van der Waals surface area contributed by atoms with Gasteiger partial charge in [0.2, 0.25) is 0 Å². The van der Waals surface area contributed by atoms with Gasteiger partial charge in [-0.15, -0.1) is 0 Å². The summed E-state index contributed by atoms with van der Waals surface area (Å²) in [5.41, 5.74) is 8.55. The average Bonchev–Trinajstić information content (AvgIpc) is 2.75. The highest BCUT2D eigenvalue weighted by Crippen LogP contribution is 2.32. The number of fused-ring (bicyclic) bond motifs is 1. The molecule has 0 bridgehead atoms. The molecule has 0 unspecified atom stereocenters. The fourth-order valence-corrected chi connectivity index (χ4v) is 4.11. The van der Waals surface area contributed by atoms with Gasteiger partial charge < -0.3 is 5.32 Å². The Bertz CT molecular complexity index is 1270. The summed E-state index contributed by atoms with van der Waals surface area (Å²) in [6.07, 6.45) is 0. The van der Waals surface area contributed by atoms with Gasteiger partial charge in [0.1, 0.15) is 0 Å². The molecule has 3 aromatic carbocycles. The third-order valence-electron chi connectivity index (χ3n) is 5.85. The molecule has 1 amide bonds. The molecule has 1 aromatic heterocycles. The molecule has 0 spiro atoms. The fraction of sp³-hybridized carbons (Fsp3) is 0.214. The van der Waals surface area contributed by atoms with Gasteiger partial charge in [-0.25, -0.2) is 4.98 Å². The molecule has 3 heteroatoms. The van der Waals surface area contributed by atoms with Gasteiger partial charge >= 0.3 is 0 Å². The Morgan fingerprint density at radius 1 is 0.871 bits per heavy atom. The number of anilines is 1. The van der Waals surface area contributed by atoms with E-state index in [1.807, 2.05) is 50.2 Å². The lowest BCUT2D eigenvalue weighted by Crippen LogP contribution is -2.17. The zero-order chi connectivity index (χ0) is 22.1. The number of nitrogens with one attached hydrogen (secondary N) is 1. The minimum atomic E-state index is -0.0966. The highest BCUT2D eigenvalue weighted by atomic mass is 16.1. The number of amides is 1. The van der Waals surface area contributed by atoms with Crippen molar-refractivity contribution in [2.45, 2.75) is 40.5 Å². The van der Waals surface area contributed by atoms with Crippen LogP contribution in [-0.2, 0) is 0 Å². The van der Waals surface area contributed by atoms with E-state index in [1.165, 1.54) is 5.56 Å². The van der Waals surface area contributed by atoms with E-state index in [0.717, 1.165) is 44.5 Å². The van der Waals surface area contributed by atoms with Crippen molar-refractivity contribution in [3.63, 3.8) is 0 Å². The molecule has 0 aliphatic carbocycles. The van der Waals surface area contributed by atoms with Gasteiger partial charge in [-0.05, 0) is 49.4 Å². The Balaban J connectivity index is 1.88. The number of hydrogen-bond acceptors (Lipinski definition) is 2. The van der Waals surface area contributed by atoms with Crippen LogP contribution in [0.5, 0.6) is 0 Å². The molecule has 0 aliphatic heterocycles. The monoisotopic (exact) mass is 408 g/mol. The largest absolute Gasteiger partial charge is 0.321 e. The van der Waals surface area contributed by atoms with Crippen molar-refractivity contribution in [1.29, 1.82) is 0 Å². The SMILES string of the molecule is Cc1ccc(-c2nc3ccccc3c(C(=O)Nc3c(C)cccc3C(C)C)c2C)cc1. The van der Waals surface area contributed by atoms with Gasteiger partial charge in [-0.1, -0.05) is 80.1 Å². The molecule has 156 valence electrons. The van der Waals surface area contributed by atoms with Crippen LogP contribution in [0.1, 0.15) is 52.4 Å². The summed E-state index contributed by atoms with van der Waals surface area (Å²) in [5.74, 6) is 0.217. The van der Waals surface area contributed by atoms with Gasteiger partial charge in [0, 0.05) is 16.6 Å². The molecule has 1 N–H and O–H groups in total. The first-order valence-corrected chi connectivity index (χ1v) is 10.7. The van der Waals surface area contributed by atoms with Crippen LogP contribution in [0.3, 0.4) is 0 Å². The second kappa shape index (κ2) is 8.35. The maximum absolute atomic E-state index is 13.7. The minimum absolute atomic E-state index is 0.0966. The van der Waals surface area contributed by atoms with Crippen molar-refractivity contribution in [1.82, 2.24) is 4.98 Å². The summed E-state index contributed by atoms with van der Waals surface area (Å²) in [5, 5.41) is 4.10. The summed E-state index contributed by atoms with van der Waals surface area (Å²) >= 11 is 0. The third-order valence-corrected chi connectivity index (χ3v) is 5.85. The van der Waals surface area contributed by atoms with E-state index < -0.39 is 0 Å². The van der Waals surface area contributed by atoms with E-state index in [2.05, 4.69) is 56.4 Å². The van der Waals surface area contributed by atoms with Crippen LogP contribution in [0.2, 0.25) is 0 Å². The van der Waals surface area contributed by atoms with Crippen LogP contribution in [0.25, 0.3) is 22.2 Å². The lowest BCUT2D eigenvalue weighted by Gasteiger charge is -2.19. The van der Waals surface area contributed by atoms with E-state index in [4.69, 9.17) is 4.98 Å². The van der Waals surface area contributed by atoms with Crippen molar-refractivity contribution < 1.29 is 4.79 Å². The van der Waals surface area contributed by atoms with E-state index in [0.29, 0.717) is 11.5 Å². The molecule has 0 saturated heterocycles. The van der Waals surface area contributed by atoms with E-state index in [1.54, 1.807) is 0 Å². The number of aromatic nitrogens is 1. The second-order valence-corrected chi connectivity index (χ2v) is 8.49. The van der Waals surface area contributed by atoms with Gasteiger partial charge in [0.15, 0.2) is 0 Å². The predicted molar refractivity (Wildman–Crippen MR) is 130 cm³/mol. The maximum atomic E-state index is 13.7. The summed E-state index contributed by atoms with van der Waals surface area (Å²) in [6.45, 7) is 10.4. The molecule has 0 atom stereocenters. The average molecular weight is 409 g/mol. The Kier molecular flexibility index (Phi) is 5.60. The number of para-hydroxylation sites is 2. The first-order chi connectivity index (χ1) is 14.9.